The fraction of sp³-hybridized carbons (Fsp3) is 0.286. The molecule has 0 aliphatic carbocycles. The molecule has 0 saturated carbocycles. The normalized spacial score (nSPS) is 11.3. The number of hydrogen-bond donors (Lipinski definition) is 1. The fourth-order valence-electron chi connectivity index (χ4n) is 1.65. The zero-order chi connectivity index (χ0) is 14.0. The third-order valence-corrected chi connectivity index (χ3v) is 2.56. The summed E-state index contributed by atoms with van der Waals surface area (Å²) in [6.07, 6.45) is 3.14. The van der Waals surface area contributed by atoms with Crippen molar-refractivity contribution in [1.82, 2.24) is 9.55 Å². The Morgan fingerprint density at radius 3 is 2.68 bits per heavy atom. The first kappa shape index (κ1) is 13.1. The van der Waals surface area contributed by atoms with E-state index in [9.17, 15) is 9.90 Å². The second kappa shape index (κ2) is 4.76. The zero-order valence-electron chi connectivity index (χ0n) is 11.1. The van der Waals surface area contributed by atoms with Crippen LogP contribution in [-0.2, 0) is 5.54 Å². The third-order valence-electron chi connectivity index (χ3n) is 2.56. The van der Waals surface area contributed by atoms with Crippen LogP contribution in [0.2, 0.25) is 0 Å². The van der Waals surface area contributed by atoms with Gasteiger partial charge in [0.25, 0.3) is 5.88 Å². The highest BCUT2D eigenvalue weighted by Crippen LogP contribution is 2.21. The molecule has 100 valence electrons. The van der Waals surface area contributed by atoms with Gasteiger partial charge in [0, 0.05) is 24.0 Å². The Bertz CT molecular complexity index is 642. The predicted molar refractivity (Wildman–Crippen MR) is 71.7 cm³/mol. The van der Waals surface area contributed by atoms with Gasteiger partial charge in [-0.3, -0.25) is 4.79 Å². The Morgan fingerprint density at radius 2 is 2.05 bits per heavy atom. The number of ether oxygens (including phenoxy) is 1. The van der Waals surface area contributed by atoms with Crippen LogP contribution in [0, 0.1) is 0 Å². The zero-order valence-corrected chi connectivity index (χ0v) is 11.1. The lowest BCUT2D eigenvalue weighted by Crippen LogP contribution is -2.34. The monoisotopic (exact) mass is 260 g/mol. The summed E-state index contributed by atoms with van der Waals surface area (Å²) < 4.78 is 6.98. The molecule has 0 fully saturated rings. The van der Waals surface area contributed by atoms with Crippen LogP contribution < -0.4 is 10.3 Å². The van der Waals surface area contributed by atoms with Gasteiger partial charge in [-0.05, 0) is 32.9 Å². The maximum atomic E-state index is 12.2. The molecule has 5 heteroatoms. The second-order valence-corrected chi connectivity index (χ2v) is 5.18. The minimum Gasteiger partial charge on any atom is -0.508 e. The highest BCUT2D eigenvalue weighted by atomic mass is 16.5. The number of aromatic nitrogens is 2. The first-order valence-corrected chi connectivity index (χ1v) is 5.93. The molecule has 1 N–H and O–H groups in total. The van der Waals surface area contributed by atoms with Crippen LogP contribution in [0.4, 0.5) is 0 Å². The van der Waals surface area contributed by atoms with Crippen molar-refractivity contribution in [3.05, 3.63) is 47.0 Å². The van der Waals surface area contributed by atoms with Crippen LogP contribution >= 0.6 is 0 Å². The summed E-state index contributed by atoms with van der Waals surface area (Å²) in [5.74, 6) is 0.434. The first-order valence-electron chi connectivity index (χ1n) is 5.93. The van der Waals surface area contributed by atoms with Crippen molar-refractivity contribution in [3.8, 4) is 17.4 Å². The molecule has 0 unspecified atom stereocenters. The fourth-order valence-corrected chi connectivity index (χ4v) is 1.65. The molecule has 5 nitrogen and oxygen atoms in total. The molecule has 0 aliphatic heterocycles. The number of rotatable bonds is 2. The van der Waals surface area contributed by atoms with Gasteiger partial charge in [0.2, 0.25) is 0 Å². The van der Waals surface area contributed by atoms with Crippen molar-refractivity contribution in [1.29, 1.82) is 0 Å². The second-order valence-electron chi connectivity index (χ2n) is 5.18. The molecule has 1 aromatic carbocycles. The van der Waals surface area contributed by atoms with E-state index >= 15 is 0 Å². The molecule has 0 radical (unpaired) electrons. The van der Waals surface area contributed by atoms with Crippen LogP contribution in [-0.4, -0.2) is 14.7 Å². The molecule has 2 rings (SSSR count). The van der Waals surface area contributed by atoms with Crippen LogP contribution in [0.25, 0.3) is 0 Å². The SMILES string of the molecule is CC(C)(C)n1ccnc(Oc2cccc(O)c2)c1=O. The molecule has 0 saturated heterocycles. The van der Waals surface area contributed by atoms with Gasteiger partial charge in [0.15, 0.2) is 0 Å². The lowest BCUT2D eigenvalue weighted by Gasteiger charge is -2.22. The van der Waals surface area contributed by atoms with E-state index in [2.05, 4.69) is 4.98 Å². The van der Waals surface area contributed by atoms with E-state index in [1.807, 2.05) is 20.8 Å². The van der Waals surface area contributed by atoms with Crippen LogP contribution in [0.1, 0.15) is 20.8 Å². The molecule has 2 aromatic rings. The summed E-state index contributed by atoms with van der Waals surface area (Å²) in [6, 6.07) is 6.24. The third kappa shape index (κ3) is 2.93. The van der Waals surface area contributed by atoms with Crippen LogP contribution in [0.3, 0.4) is 0 Å². The number of aromatic hydroxyl groups is 1. The van der Waals surface area contributed by atoms with E-state index in [0.29, 0.717) is 5.75 Å². The van der Waals surface area contributed by atoms with Gasteiger partial charge in [-0.15, -0.1) is 0 Å². The largest absolute Gasteiger partial charge is 0.508 e. The van der Waals surface area contributed by atoms with Gasteiger partial charge in [0.05, 0.1) is 0 Å². The molecule has 19 heavy (non-hydrogen) atoms. The van der Waals surface area contributed by atoms with Crippen molar-refractivity contribution < 1.29 is 9.84 Å². The lowest BCUT2D eigenvalue weighted by molar-refractivity contribution is 0.362. The van der Waals surface area contributed by atoms with Gasteiger partial charge in [-0.25, -0.2) is 4.98 Å². The van der Waals surface area contributed by atoms with Gasteiger partial charge in [0.1, 0.15) is 11.5 Å². The Kier molecular flexibility index (Phi) is 3.29. The maximum absolute atomic E-state index is 12.2. The number of hydrogen-bond acceptors (Lipinski definition) is 4. The summed E-state index contributed by atoms with van der Waals surface area (Å²) in [4.78, 5) is 16.2. The van der Waals surface area contributed by atoms with Gasteiger partial charge >= 0.3 is 5.56 Å². The minimum atomic E-state index is -0.350. The highest BCUT2D eigenvalue weighted by Gasteiger charge is 2.17. The minimum absolute atomic E-state index is 0.0111. The Balaban J connectivity index is 2.40. The van der Waals surface area contributed by atoms with Gasteiger partial charge in [-0.2, -0.15) is 0 Å². The number of phenolic OH excluding ortho intramolecular Hbond substituents is 1. The molecule has 1 heterocycles. The standard InChI is InChI=1S/C14H16N2O3/c1-14(2,3)16-8-7-15-12(13(16)18)19-11-6-4-5-10(17)9-11/h4-9,17H,1-3H3. The van der Waals surface area contributed by atoms with Crippen molar-refractivity contribution in [2.75, 3.05) is 0 Å². The number of phenols is 1. The van der Waals surface area contributed by atoms with Crippen molar-refractivity contribution >= 4 is 0 Å². The van der Waals surface area contributed by atoms with Gasteiger partial charge < -0.3 is 14.4 Å². The lowest BCUT2D eigenvalue weighted by atomic mass is 10.1. The predicted octanol–water partition coefficient (Wildman–Crippen LogP) is 2.50. The summed E-state index contributed by atoms with van der Waals surface area (Å²) >= 11 is 0. The van der Waals surface area contributed by atoms with E-state index in [0.717, 1.165) is 0 Å². The average molecular weight is 260 g/mol. The van der Waals surface area contributed by atoms with Crippen molar-refractivity contribution in [3.63, 3.8) is 0 Å². The van der Waals surface area contributed by atoms with Crippen molar-refractivity contribution in [2.45, 2.75) is 26.3 Å². The molecule has 0 spiro atoms. The summed E-state index contributed by atoms with van der Waals surface area (Å²) in [5, 5.41) is 9.36. The van der Waals surface area contributed by atoms with Gasteiger partial charge in [-0.1, -0.05) is 6.07 Å². The molecule has 1 aromatic heterocycles. The Labute approximate surface area is 111 Å². The summed E-state index contributed by atoms with van der Waals surface area (Å²) in [6.45, 7) is 5.77. The number of nitrogens with zero attached hydrogens (tertiary/aromatic N) is 2. The molecule has 0 amide bonds. The highest BCUT2D eigenvalue weighted by molar-refractivity contribution is 5.33. The quantitative estimate of drug-likeness (QED) is 0.901. The first-order chi connectivity index (χ1) is 8.88. The molecule has 0 bridgehead atoms. The average Bonchev–Trinajstić information content (AvgIpc) is 2.30. The van der Waals surface area contributed by atoms with Crippen LogP contribution in [0.5, 0.6) is 17.4 Å². The molecular weight excluding hydrogens is 244 g/mol. The summed E-state index contributed by atoms with van der Waals surface area (Å²) in [5.41, 5.74) is -0.657. The number of benzene rings is 1. The Morgan fingerprint density at radius 1 is 1.32 bits per heavy atom. The summed E-state index contributed by atoms with van der Waals surface area (Å²) in [7, 11) is 0. The van der Waals surface area contributed by atoms with E-state index < -0.39 is 0 Å². The topological polar surface area (TPSA) is 64.3 Å². The molecular formula is C14H16N2O3. The maximum Gasteiger partial charge on any atom is 0.314 e. The Hall–Kier alpha value is -2.30. The molecule has 0 atom stereocenters. The molecule has 0 aliphatic rings. The van der Waals surface area contributed by atoms with Crippen LogP contribution in [0.15, 0.2) is 41.5 Å². The smallest absolute Gasteiger partial charge is 0.314 e. The van der Waals surface area contributed by atoms with E-state index in [4.69, 9.17) is 4.74 Å². The van der Waals surface area contributed by atoms with E-state index in [1.165, 1.54) is 18.3 Å². The van der Waals surface area contributed by atoms with Crippen molar-refractivity contribution in [2.24, 2.45) is 0 Å². The van der Waals surface area contributed by atoms with E-state index in [-0.39, 0.29) is 22.7 Å². The van der Waals surface area contributed by atoms with E-state index in [1.54, 1.807) is 22.9 Å².